The lowest BCUT2D eigenvalue weighted by Gasteiger charge is -2.21. The van der Waals surface area contributed by atoms with E-state index in [0.717, 1.165) is 63.3 Å². The van der Waals surface area contributed by atoms with Crippen LogP contribution in [0.2, 0.25) is 0 Å². The largest absolute Gasteiger partial charge is 0.381 e. The smallest absolute Gasteiger partial charge is 0.272 e. The molecule has 0 spiro atoms. The molecule has 3 rings (SSSR count). The van der Waals surface area contributed by atoms with Gasteiger partial charge in [-0.25, -0.2) is 0 Å². The Morgan fingerprint density at radius 2 is 2.21 bits per heavy atom. The lowest BCUT2D eigenvalue weighted by Crippen LogP contribution is -2.29. The average molecular weight is 359 g/mol. The first kappa shape index (κ1) is 19.2. The van der Waals surface area contributed by atoms with E-state index in [9.17, 15) is 4.79 Å². The standard InChI is InChI=1S/C16H26N4O3.ClH/c21-16(15-13-10-17-6-2-14(13)19-20-15)18-5-1-7-23-11-12-3-8-22-9-4-12;/h12,17H,1-11H2,(H,18,21)(H,19,20);1H. The molecular formula is C16H27ClN4O3. The number of fused-ring (bicyclic) bond motifs is 1. The third-order valence-electron chi connectivity index (χ3n) is 4.47. The van der Waals surface area contributed by atoms with Crippen LogP contribution in [0, 0.1) is 5.92 Å². The number of H-pyrrole nitrogens is 1. The van der Waals surface area contributed by atoms with Gasteiger partial charge in [0.05, 0.1) is 0 Å². The monoisotopic (exact) mass is 358 g/mol. The Balaban J connectivity index is 0.00000208. The third-order valence-corrected chi connectivity index (χ3v) is 4.47. The van der Waals surface area contributed by atoms with Crippen molar-refractivity contribution in [2.24, 2.45) is 5.92 Å². The number of hydrogen-bond acceptors (Lipinski definition) is 5. The van der Waals surface area contributed by atoms with Gasteiger partial charge >= 0.3 is 0 Å². The van der Waals surface area contributed by atoms with Crippen LogP contribution >= 0.6 is 12.4 Å². The summed E-state index contributed by atoms with van der Waals surface area (Å²) in [6.45, 7) is 5.44. The number of carbonyl (C=O) groups is 1. The summed E-state index contributed by atoms with van der Waals surface area (Å²) < 4.78 is 11.0. The molecule has 0 bridgehead atoms. The summed E-state index contributed by atoms with van der Waals surface area (Å²) >= 11 is 0. The van der Waals surface area contributed by atoms with Crippen molar-refractivity contribution >= 4 is 18.3 Å². The summed E-state index contributed by atoms with van der Waals surface area (Å²) in [5.74, 6) is 0.525. The van der Waals surface area contributed by atoms with Crippen LogP contribution in [0.5, 0.6) is 0 Å². The fourth-order valence-electron chi connectivity index (χ4n) is 3.04. The van der Waals surface area contributed by atoms with Gasteiger partial charge in [0.25, 0.3) is 5.91 Å². The molecule has 0 saturated carbocycles. The van der Waals surface area contributed by atoms with Gasteiger partial charge in [0.2, 0.25) is 0 Å². The number of nitrogens with zero attached hydrogens (tertiary/aromatic N) is 1. The molecule has 2 aliphatic heterocycles. The SMILES string of the molecule is Cl.O=C(NCCCOCC1CCOCC1)c1n[nH]c2c1CNCC2. The Labute approximate surface area is 148 Å². The first-order valence-electron chi connectivity index (χ1n) is 8.55. The lowest BCUT2D eigenvalue weighted by atomic mass is 10.0. The zero-order valence-corrected chi connectivity index (χ0v) is 14.8. The lowest BCUT2D eigenvalue weighted by molar-refractivity contribution is 0.0202. The van der Waals surface area contributed by atoms with Crippen LogP contribution in [0.25, 0.3) is 0 Å². The van der Waals surface area contributed by atoms with Crippen LogP contribution < -0.4 is 10.6 Å². The molecule has 1 saturated heterocycles. The number of halogens is 1. The number of hydrogen-bond donors (Lipinski definition) is 3. The summed E-state index contributed by atoms with van der Waals surface area (Å²) in [7, 11) is 0. The molecule has 1 aromatic rings. The van der Waals surface area contributed by atoms with Crippen LogP contribution in [0.3, 0.4) is 0 Å². The van der Waals surface area contributed by atoms with Gasteiger partial charge in [0.1, 0.15) is 0 Å². The van der Waals surface area contributed by atoms with E-state index in [4.69, 9.17) is 9.47 Å². The van der Waals surface area contributed by atoms with Gasteiger partial charge in [-0.15, -0.1) is 12.4 Å². The third kappa shape index (κ3) is 5.17. The maximum Gasteiger partial charge on any atom is 0.272 e. The van der Waals surface area contributed by atoms with Gasteiger partial charge in [-0.1, -0.05) is 0 Å². The van der Waals surface area contributed by atoms with E-state index in [1.165, 1.54) is 0 Å². The van der Waals surface area contributed by atoms with Crippen LogP contribution in [0.4, 0.5) is 0 Å². The molecule has 2 aliphatic rings. The van der Waals surface area contributed by atoms with E-state index in [1.54, 1.807) is 0 Å². The maximum absolute atomic E-state index is 12.2. The number of amides is 1. The second-order valence-electron chi connectivity index (χ2n) is 6.20. The van der Waals surface area contributed by atoms with Gasteiger partial charge in [-0.2, -0.15) is 5.10 Å². The highest BCUT2D eigenvalue weighted by molar-refractivity contribution is 5.94. The Morgan fingerprint density at radius 3 is 3.04 bits per heavy atom. The molecule has 0 aromatic carbocycles. The Hall–Kier alpha value is -1.15. The van der Waals surface area contributed by atoms with Crippen molar-refractivity contribution < 1.29 is 14.3 Å². The number of aromatic amines is 1. The fraction of sp³-hybridized carbons (Fsp3) is 0.750. The Bertz CT molecular complexity index is 517. The van der Waals surface area contributed by atoms with Crippen molar-refractivity contribution in [1.29, 1.82) is 0 Å². The number of aromatic nitrogens is 2. The molecule has 0 unspecified atom stereocenters. The summed E-state index contributed by atoms with van der Waals surface area (Å²) in [4.78, 5) is 12.2. The molecule has 7 nitrogen and oxygen atoms in total. The van der Waals surface area contributed by atoms with Gasteiger partial charge in [0, 0.05) is 63.7 Å². The molecular weight excluding hydrogens is 332 g/mol. The second kappa shape index (κ2) is 9.98. The van der Waals surface area contributed by atoms with E-state index in [0.29, 0.717) is 31.3 Å². The molecule has 1 fully saturated rings. The Kier molecular flexibility index (Phi) is 7.98. The second-order valence-corrected chi connectivity index (χ2v) is 6.20. The van der Waals surface area contributed by atoms with Gasteiger partial charge in [-0.3, -0.25) is 9.89 Å². The highest BCUT2D eigenvalue weighted by Crippen LogP contribution is 2.15. The van der Waals surface area contributed by atoms with E-state index in [-0.39, 0.29) is 18.3 Å². The zero-order chi connectivity index (χ0) is 15.9. The summed E-state index contributed by atoms with van der Waals surface area (Å²) in [6, 6.07) is 0. The first-order valence-corrected chi connectivity index (χ1v) is 8.55. The summed E-state index contributed by atoms with van der Waals surface area (Å²) in [6.07, 6.45) is 3.90. The van der Waals surface area contributed by atoms with Crippen molar-refractivity contribution in [3.05, 3.63) is 17.0 Å². The van der Waals surface area contributed by atoms with Gasteiger partial charge in [0.15, 0.2) is 5.69 Å². The molecule has 0 radical (unpaired) electrons. The number of rotatable bonds is 7. The molecule has 136 valence electrons. The van der Waals surface area contributed by atoms with E-state index < -0.39 is 0 Å². The summed E-state index contributed by atoms with van der Waals surface area (Å²) in [5, 5.41) is 13.3. The van der Waals surface area contributed by atoms with Gasteiger partial charge in [-0.05, 0) is 25.2 Å². The minimum Gasteiger partial charge on any atom is -0.381 e. The van der Waals surface area contributed by atoms with Crippen LogP contribution in [-0.4, -0.2) is 55.6 Å². The first-order chi connectivity index (χ1) is 11.3. The normalized spacial score (nSPS) is 17.8. The highest BCUT2D eigenvalue weighted by atomic mass is 35.5. The number of nitrogens with one attached hydrogen (secondary N) is 3. The van der Waals surface area contributed by atoms with Crippen molar-refractivity contribution in [2.45, 2.75) is 32.2 Å². The molecule has 8 heteroatoms. The Morgan fingerprint density at radius 1 is 1.38 bits per heavy atom. The van der Waals surface area contributed by atoms with Crippen molar-refractivity contribution in [3.63, 3.8) is 0 Å². The molecule has 0 aliphatic carbocycles. The van der Waals surface area contributed by atoms with E-state index >= 15 is 0 Å². The fourth-order valence-corrected chi connectivity index (χ4v) is 3.04. The van der Waals surface area contributed by atoms with E-state index in [1.807, 2.05) is 0 Å². The average Bonchev–Trinajstić information content (AvgIpc) is 3.03. The molecule has 3 heterocycles. The predicted octanol–water partition coefficient (Wildman–Crippen LogP) is 1.04. The molecule has 3 N–H and O–H groups in total. The van der Waals surface area contributed by atoms with Crippen LogP contribution in [0.15, 0.2) is 0 Å². The molecule has 24 heavy (non-hydrogen) atoms. The van der Waals surface area contributed by atoms with Crippen molar-refractivity contribution in [1.82, 2.24) is 20.8 Å². The highest BCUT2D eigenvalue weighted by Gasteiger charge is 2.21. The molecule has 0 atom stereocenters. The number of carbonyl (C=O) groups excluding carboxylic acids is 1. The summed E-state index contributed by atoms with van der Waals surface area (Å²) in [5.41, 5.74) is 2.61. The minimum absolute atomic E-state index is 0. The van der Waals surface area contributed by atoms with Crippen LogP contribution in [0.1, 0.15) is 41.0 Å². The topological polar surface area (TPSA) is 88.3 Å². The zero-order valence-electron chi connectivity index (χ0n) is 13.9. The maximum atomic E-state index is 12.2. The minimum atomic E-state index is -0.101. The molecule has 1 aromatic heterocycles. The van der Waals surface area contributed by atoms with Gasteiger partial charge < -0.3 is 20.1 Å². The van der Waals surface area contributed by atoms with E-state index in [2.05, 4.69) is 20.8 Å². The van der Waals surface area contributed by atoms with Crippen LogP contribution in [-0.2, 0) is 22.4 Å². The number of ether oxygens (including phenoxy) is 2. The molecule has 1 amide bonds. The van der Waals surface area contributed by atoms with Crippen molar-refractivity contribution in [2.75, 3.05) is 39.5 Å². The predicted molar refractivity (Wildman–Crippen MR) is 92.6 cm³/mol. The quantitative estimate of drug-likeness (QED) is 0.634. The van der Waals surface area contributed by atoms with Crippen molar-refractivity contribution in [3.8, 4) is 0 Å².